The van der Waals surface area contributed by atoms with Gasteiger partial charge in [-0.3, -0.25) is 0 Å². The lowest BCUT2D eigenvalue weighted by molar-refractivity contribution is -0.294. The Morgan fingerprint density at radius 2 is 2.08 bits per heavy atom. The maximum atomic E-state index is 10.00. The van der Waals surface area contributed by atoms with Crippen molar-refractivity contribution in [1.82, 2.24) is 0 Å². The summed E-state index contributed by atoms with van der Waals surface area (Å²) in [5, 5.41) is 0. The zero-order valence-corrected chi connectivity index (χ0v) is 7.90. The first-order valence-electron chi connectivity index (χ1n) is 4.74. The molecule has 0 bridgehead atoms. The summed E-state index contributed by atoms with van der Waals surface area (Å²) in [7, 11) is 0. The van der Waals surface area contributed by atoms with Crippen LogP contribution in [0.3, 0.4) is 0 Å². The smallest absolute Gasteiger partial charge is 0.194 e. The zero-order valence-electron chi connectivity index (χ0n) is 7.90. The van der Waals surface area contributed by atoms with Crippen molar-refractivity contribution >= 4 is 6.29 Å². The Morgan fingerprint density at radius 1 is 1.23 bits per heavy atom. The monoisotopic (exact) mass is 188 g/mol. The van der Waals surface area contributed by atoms with Gasteiger partial charge in [0.2, 0.25) is 0 Å². The van der Waals surface area contributed by atoms with Crippen molar-refractivity contribution in [3.8, 4) is 0 Å². The molecule has 2 atom stereocenters. The Morgan fingerprint density at radius 3 is 2.69 bits per heavy atom. The van der Waals surface area contributed by atoms with E-state index in [4.69, 9.17) is 14.5 Å². The lowest BCUT2D eigenvalue weighted by Gasteiger charge is -2.04. The van der Waals surface area contributed by atoms with Gasteiger partial charge < -0.3 is 9.53 Å². The van der Waals surface area contributed by atoms with Gasteiger partial charge in [0.05, 0.1) is 0 Å². The van der Waals surface area contributed by atoms with Crippen LogP contribution >= 0.6 is 0 Å². The third-order valence-corrected chi connectivity index (χ3v) is 1.90. The summed E-state index contributed by atoms with van der Waals surface area (Å²) in [6.07, 6.45) is 4.97. The summed E-state index contributed by atoms with van der Waals surface area (Å²) in [6, 6.07) is 0. The Balaban J connectivity index is 1.91. The van der Waals surface area contributed by atoms with Crippen LogP contribution < -0.4 is 0 Å². The summed E-state index contributed by atoms with van der Waals surface area (Å²) in [6.45, 7) is 1.80. The molecule has 1 heterocycles. The van der Waals surface area contributed by atoms with E-state index in [1.165, 1.54) is 0 Å². The van der Waals surface area contributed by atoms with Gasteiger partial charge in [-0.05, 0) is 19.8 Å². The maximum absolute atomic E-state index is 10.00. The van der Waals surface area contributed by atoms with Crippen molar-refractivity contribution in [2.75, 3.05) is 0 Å². The second kappa shape index (κ2) is 6.07. The highest BCUT2D eigenvalue weighted by atomic mass is 17.3. The Kier molecular flexibility index (Phi) is 4.97. The molecule has 0 aliphatic carbocycles. The van der Waals surface area contributed by atoms with Gasteiger partial charge in [0.1, 0.15) is 6.29 Å². The largest absolute Gasteiger partial charge is 0.318 e. The first kappa shape index (κ1) is 10.6. The highest BCUT2D eigenvalue weighted by molar-refractivity contribution is 5.48. The summed E-state index contributed by atoms with van der Waals surface area (Å²) in [5.41, 5.74) is 0. The van der Waals surface area contributed by atoms with Crippen LogP contribution in [0.15, 0.2) is 0 Å². The third kappa shape index (κ3) is 4.36. The van der Waals surface area contributed by atoms with E-state index in [0.717, 1.165) is 32.0 Å². The Bertz CT molecular complexity index is 149. The minimum absolute atomic E-state index is 0.216. The number of hydrogen-bond acceptors (Lipinski definition) is 4. The standard InChI is InChI=1S/C9H16O4/c1-8-11-9(13-12-8)6-4-2-3-5-7-10/h7-9H,2-6H2,1H3/t8-,9-/m0/s1. The van der Waals surface area contributed by atoms with E-state index in [1.807, 2.05) is 0 Å². The first-order chi connectivity index (χ1) is 6.33. The van der Waals surface area contributed by atoms with Crippen molar-refractivity contribution < 1.29 is 19.3 Å². The number of carbonyl (C=O) groups excluding carboxylic acids is 1. The van der Waals surface area contributed by atoms with E-state index in [1.54, 1.807) is 6.92 Å². The lowest BCUT2D eigenvalue weighted by atomic mass is 10.1. The first-order valence-corrected chi connectivity index (χ1v) is 4.74. The molecule has 13 heavy (non-hydrogen) atoms. The molecule has 4 nitrogen and oxygen atoms in total. The summed E-state index contributed by atoms with van der Waals surface area (Å²) < 4.78 is 5.25. The molecule has 0 aromatic heterocycles. The van der Waals surface area contributed by atoms with E-state index in [0.29, 0.717) is 6.42 Å². The molecular formula is C9H16O4. The molecule has 0 aromatic carbocycles. The molecule has 0 unspecified atom stereocenters. The van der Waals surface area contributed by atoms with Gasteiger partial charge in [0.15, 0.2) is 12.6 Å². The van der Waals surface area contributed by atoms with Crippen LogP contribution in [-0.4, -0.2) is 18.9 Å². The fourth-order valence-corrected chi connectivity index (χ4v) is 1.23. The van der Waals surface area contributed by atoms with E-state index in [2.05, 4.69) is 0 Å². The molecule has 1 rings (SSSR count). The number of carbonyl (C=O) groups is 1. The molecular weight excluding hydrogens is 172 g/mol. The maximum Gasteiger partial charge on any atom is 0.194 e. The van der Waals surface area contributed by atoms with Crippen LogP contribution in [0.4, 0.5) is 0 Å². The predicted octanol–water partition coefficient (Wildman–Crippen LogP) is 1.79. The number of hydrogen-bond donors (Lipinski definition) is 0. The van der Waals surface area contributed by atoms with Crippen molar-refractivity contribution in [3.63, 3.8) is 0 Å². The van der Waals surface area contributed by atoms with Crippen molar-refractivity contribution in [1.29, 1.82) is 0 Å². The molecule has 76 valence electrons. The number of unbranched alkanes of at least 4 members (excludes halogenated alkanes) is 3. The Hall–Kier alpha value is -0.450. The SMILES string of the molecule is C[C@@H]1OO[C@@H](CCCCCC=O)O1. The minimum atomic E-state index is -0.250. The molecule has 1 fully saturated rings. The summed E-state index contributed by atoms with van der Waals surface area (Å²) in [5.74, 6) is 0. The fourth-order valence-electron chi connectivity index (χ4n) is 1.23. The van der Waals surface area contributed by atoms with Gasteiger partial charge in [-0.25, -0.2) is 9.78 Å². The number of ether oxygens (including phenoxy) is 1. The van der Waals surface area contributed by atoms with Crippen molar-refractivity contribution in [2.45, 2.75) is 51.6 Å². The van der Waals surface area contributed by atoms with E-state index < -0.39 is 0 Å². The zero-order chi connectivity index (χ0) is 9.52. The van der Waals surface area contributed by atoms with Crippen molar-refractivity contribution in [2.24, 2.45) is 0 Å². The molecule has 4 heteroatoms. The highest BCUT2D eigenvalue weighted by Gasteiger charge is 2.23. The third-order valence-electron chi connectivity index (χ3n) is 1.90. The average Bonchev–Trinajstić information content (AvgIpc) is 2.51. The second-order valence-electron chi connectivity index (χ2n) is 3.13. The molecule has 0 N–H and O–H groups in total. The van der Waals surface area contributed by atoms with Gasteiger partial charge in [-0.15, -0.1) is 0 Å². The van der Waals surface area contributed by atoms with Gasteiger partial charge in [-0.2, -0.15) is 0 Å². The predicted molar refractivity (Wildman–Crippen MR) is 45.7 cm³/mol. The molecule has 0 radical (unpaired) electrons. The summed E-state index contributed by atoms with van der Waals surface area (Å²) >= 11 is 0. The molecule has 1 aliphatic rings. The summed E-state index contributed by atoms with van der Waals surface area (Å²) in [4.78, 5) is 19.6. The molecule has 1 saturated heterocycles. The van der Waals surface area contributed by atoms with Crippen LogP contribution in [0, 0.1) is 0 Å². The average molecular weight is 188 g/mol. The fraction of sp³-hybridized carbons (Fsp3) is 0.889. The number of rotatable bonds is 6. The minimum Gasteiger partial charge on any atom is -0.318 e. The van der Waals surface area contributed by atoms with Gasteiger partial charge in [0.25, 0.3) is 0 Å². The van der Waals surface area contributed by atoms with Crippen LogP contribution in [0.1, 0.15) is 39.0 Å². The molecule has 0 spiro atoms. The van der Waals surface area contributed by atoms with Crippen LogP contribution in [0.5, 0.6) is 0 Å². The Labute approximate surface area is 78.1 Å². The lowest BCUT2D eigenvalue weighted by Crippen LogP contribution is -2.08. The van der Waals surface area contributed by atoms with Crippen molar-refractivity contribution in [3.05, 3.63) is 0 Å². The van der Waals surface area contributed by atoms with Crippen LogP contribution in [0.2, 0.25) is 0 Å². The normalized spacial score (nSPS) is 27.8. The molecule has 0 saturated carbocycles. The second-order valence-corrected chi connectivity index (χ2v) is 3.13. The van der Waals surface area contributed by atoms with E-state index in [-0.39, 0.29) is 12.6 Å². The van der Waals surface area contributed by atoms with Crippen LogP contribution in [-0.2, 0) is 19.3 Å². The topological polar surface area (TPSA) is 44.8 Å². The van der Waals surface area contributed by atoms with E-state index >= 15 is 0 Å². The molecule has 0 aromatic rings. The highest BCUT2D eigenvalue weighted by Crippen LogP contribution is 2.18. The molecule has 1 aliphatic heterocycles. The quantitative estimate of drug-likeness (QED) is 0.362. The number of aldehydes is 1. The van der Waals surface area contributed by atoms with Gasteiger partial charge in [0, 0.05) is 12.8 Å². The van der Waals surface area contributed by atoms with E-state index in [9.17, 15) is 4.79 Å². The molecule has 0 amide bonds. The van der Waals surface area contributed by atoms with Crippen LogP contribution in [0.25, 0.3) is 0 Å². The van der Waals surface area contributed by atoms with Gasteiger partial charge in [-0.1, -0.05) is 6.42 Å². The van der Waals surface area contributed by atoms with Gasteiger partial charge >= 0.3 is 0 Å².